The van der Waals surface area contributed by atoms with Crippen LogP contribution in [0.4, 0.5) is 0 Å². The van der Waals surface area contributed by atoms with Crippen molar-refractivity contribution in [1.29, 1.82) is 0 Å². The van der Waals surface area contributed by atoms with E-state index in [1.165, 1.54) is 5.56 Å². The molecule has 0 aromatic heterocycles. The quantitative estimate of drug-likeness (QED) is 0.638. The average molecular weight is 385 g/mol. The van der Waals surface area contributed by atoms with E-state index in [1.807, 2.05) is 12.1 Å². The smallest absolute Gasteiger partial charge is 0.311 e. The van der Waals surface area contributed by atoms with Crippen molar-refractivity contribution in [2.75, 3.05) is 13.1 Å². The van der Waals surface area contributed by atoms with Gasteiger partial charge in [-0.15, -0.1) is 0 Å². The summed E-state index contributed by atoms with van der Waals surface area (Å²) in [6, 6.07) is 5.84. The zero-order chi connectivity index (χ0) is 20.4. The number of rotatable bonds is 8. The second-order valence-electron chi connectivity index (χ2n) is 8.71. The first-order chi connectivity index (χ1) is 13.3. The molecule has 1 amide bonds. The van der Waals surface area contributed by atoms with E-state index in [2.05, 4.69) is 37.4 Å². The Morgan fingerprint density at radius 2 is 2.07 bits per heavy atom. The minimum absolute atomic E-state index is 0.121. The monoisotopic (exact) mass is 384 g/mol. The molecule has 0 saturated heterocycles. The van der Waals surface area contributed by atoms with Crippen molar-refractivity contribution in [3.63, 3.8) is 0 Å². The molecular formula is C23H32N2O3. The van der Waals surface area contributed by atoms with Crippen molar-refractivity contribution < 1.29 is 14.7 Å². The van der Waals surface area contributed by atoms with Crippen molar-refractivity contribution in [3.05, 3.63) is 41.0 Å². The van der Waals surface area contributed by atoms with Crippen LogP contribution in [0.5, 0.6) is 0 Å². The Bertz CT molecular complexity index is 782. The number of carbonyl (C=O) groups is 2. The van der Waals surface area contributed by atoms with Gasteiger partial charge in [-0.25, -0.2) is 0 Å². The lowest BCUT2D eigenvalue weighted by molar-refractivity contribution is -0.143. The van der Waals surface area contributed by atoms with Crippen LogP contribution in [0.2, 0.25) is 0 Å². The number of hydrogen-bond donors (Lipinski definition) is 3. The summed E-state index contributed by atoms with van der Waals surface area (Å²) in [6.07, 6.45) is 9.89. The maximum absolute atomic E-state index is 12.6. The topological polar surface area (TPSA) is 92.4 Å². The molecule has 0 radical (unpaired) electrons. The Labute approximate surface area is 167 Å². The highest BCUT2D eigenvalue weighted by molar-refractivity contribution is 5.95. The van der Waals surface area contributed by atoms with Gasteiger partial charge in [0.05, 0.1) is 5.41 Å². The van der Waals surface area contributed by atoms with Gasteiger partial charge in [0, 0.05) is 12.1 Å². The molecule has 1 aromatic carbocycles. The van der Waals surface area contributed by atoms with Gasteiger partial charge in [0.1, 0.15) is 0 Å². The molecule has 2 aliphatic carbocycles. The van der Waals surface area contributed by atoms with Gasteiger partial charge in [0.2, 0.25) is 0 Å². The average Bonchev–Trinajstić information content (AvgIpc) is 3.50. The minimum Gasteiger partial charge on any atom is -0.481 e. The van der Waals surface area contributed by atoms with Crippen LogP contribution in [-0.2, 0) is 11.2 Å². The van der Waals surface area contributed by atoms with Gasteiger partial charge in [0.15, 0.2) is 0 Å². The zero-order valence-corrected chi connectivity index (χ0v) is 17.0. The van der Waals surface area contributed by atoms with E-state index in [4.69, 9.17) is 5.73 Å². The predicted molar refractivity (Wildman–Crippen MR) is 111 cm³/mol. The summed E-state index contributed by atoms with van der Waals surface area (Å²) in [5.74, 6) is -0.491. The fourth-order valence-corrected chi connectivity index (χ4v) is 4.16. The first-order valence-corrected chi connectivity index (χ1v) is 10.4. The zero-order valence-electron chi connectivity index (χ0n) is 17.0. The van der Waals surface area contributed by atoms with Crippen LogP contribution in [0.1, 0.15) is 67.4 Å². The third kappa shape index (κ3) is 4.14. The van der Waals surface area contributed by atoms with Gasteiger partial charge in [-0.05, 0) is 79.7 Å². The van der Waals surface area contributed by atoms with Crippen molar-refractivity contribution in [3.8, 4) is 0 Å². The van der Waals surface area contributed by atoms with Gasteiger partial charge in [-0.2, -0.15) is 0 Å². The lowest BCUT2D eigenvalue weighted by atomic mass is 9.71. The van der Waals surface area contributed by atoms with Crippen LogP contribution < -0.4 is 11.1 Å². The normalized spacial score (nSPS) is 24.9. The molecule has 5 heteroatoms. The Balaban J connectivity index is 1.76. The molecule has 4 N–H and O–H groups in total. The fourth-order valence-electron chi connectivity index (χ4n) is 4.16. The summed E-state index contributed by atoms with van der Waals surface area (Å²) in [5, 5.41) is 12.1. The maximum Gasteiger partial charge on any atom is 0.311 e. The summed E-state index contributed by atoms with van der Waals surface area (Å²) < 4.78 is 0. The van der Waals surface area contributed by atoms with Gasteiger partial charge in [0.25, 0.3) is 5.91 Å². The molecule has 0 spiro atoms. The van der Waals surface area contributed by atoms with Gasteiger partial charge in [-0.3, -0.25) is 9.59 Å². The van der Waals surface area contributed by atoms with Crippen molar-refractivity contribution in [2.45, 2.75) is 52.4 Å². The molecule has 3 rings (SSSR count). The van der Waals surface area contributed by atoms with E-state index in [9.17, 15) is 14.7 Å². The molecular weight excluding hydrogens is 352 g/mol. The van der Waals surface area contributed by atoms with E-state index in [0.717, 1.165) is 31.2 Å². The molecule has 152 valence electrons. The van der Waals surface area contributed by atoms with Crippen LogP contribution >= 0.6 is 0 Å². The second-order valence-corrected chi connectivity index (χ2v) is 8.71. The van der Waals surface area contributed by atoms with Crippen LogP contribution in [0, 0.1) is 16.7 Å². The summed E-state index contributed by atoms with van der Waals surface area (Å²) in [4.78, 5) is 23.8. The molecule has 1 saturated carbocycles. The Morgan fingerprint density at radius 1 is 1.32 bits per heavy atom. The molecule has 1 fully saturated rings. The number of aliphatic carboxylic acids is 1. The van der Waals surface area contributed by atoms with E-state index in [1.54, 1.807) is 0 Å². The first kappa shape index (κ1) is 20.6. The third-order valence-corrected chi connectivity index (χ3v) is 6.86. The highest BCUT2D eigenvalue weighted by Gasteiger charge is 2.50. The molecule has 28 heavy (non-hydrogen) atoms. The number of hydrogen-bond acceptors (Lipinski definition) is 3. The number of carboxylic acid groups (broad SMARTS) is 1. The summed E-state index contributed by atoms with van der Waals surface area (Å²) in [6.45, 7) is 5.45. The van der Waals surface area contributed by atoms with Crippen LogP contribution in [-0.4, -0.2) is 30.1 Å². The van der Waals surface area contributed by atoms with Crippen molar-refractivity contribution in [1.82, 2.24) is 5.32 Å². The van der Waals surface area contributed by atoms with Gasteiger partial charge >= 0.3 is 5.97 Å². The largest absolute Gasteiger partial charge is 0.481 e. The first-order valence-electron chi connectivity index (χ1n) is 10.4. The molecule has 2 aliphatic rings. The summed E-state index contributed by atoms with van der Waals surface area (Å²) in [5.41, 5.74) is 8.05. The maximum atomic E-state index is 12.6. The molecule has 0 heterocycles. The summed E-state index contributed by atoms with van der Waals surface area (Å²) >= 11 is 0. The van der Waals surface area contributed by atoms with Crippen LogP contribution in [0.15, 0.2) is 24.3 Å². The third-order valence-electron chi connectivity index (χ3n) is 6.86. The highest BCUT2D eigenvalue weighted by atomic mass is 16.4. The van der Waals surface area contributed by atoms with Gasteiger partial charge < -0.3 is 16.2 Å². The minimum atomic E-state index is -0.819. The standard InChI is InChI=1S/C23H32N2O3/c1-3-22(2)9-8-17-13-18(7-6-16(17)14-19(22)5-4-12-24)20(26)25-15-23(10-11-23)21(27)28/h6-9,13,19H,3-5,10-12,14-15,24H2,1-2H3,(H,25,26)(H,27,28). The number of carbonyl (C=O) groups excluding carboxylic acids is 1. The predicted octanol–water partition coefficient (Wildman–Crippen LogP) is 3.62. The number of carboxylic acids is 1. The molecule has 1 aromatic rings. The van der Waals surface area contributed by atoms with E-state index >= 15 is 0 Å². The number of fused-ring (bicyclic) bond motifs is 1. The molecule has 0 aliphatic heterocycles. The number of nitrogens with two attached hydrogens (primary N) is 1. The van der Waals surface area contributed by atoms with E-state index in [0.29, 0.717) is 30.9 Å². The Kier molecular flexibility index (Phi) is 5.94. The molecule has 2 atom stereocenters. The van der Waals surface area contributed by atoms with E-state index < -0.39 is 11.4 Å². The lowest BCUT2D eigenvalue weighted by Gasteiger charge is -2.34. The Hall–Kier alpha value is -2.14. The summed E-state index contributed by atoms with van der Waals surface area (Å²) in [7, 11) is 0. The molecule has 2 unspecified atom stereocenters. The van der Waals surface area contributed by atoms with Crippen molar-refractivity contribution >= 4 is 18.0 Å². The number of amides is 1. The molecule has 5 nitrogen and oxygen atoms in total. The lowest BCUT2D eigenvalue weighted by Crippen LogP contribution is -2.34. The second kappa shape index (κ2) is 8.08. The van der Waals surface area contributed by atoms with E-state index in [-0.39, 0.29) is 17.9 Å². The van der Waals surface area contributed by atoms with Gasteiger partial charge in [-0.1, -0.05) is 32.1 Å². The van der Waals surface area contributed by atoms with Crippen LogP contribution in [0.25, 0.3) is 6.08 Å². The molecule has 0 bridgehead atoms. The number of benzene rings is 1. The number of nitrogens with one attached hydrogen (secondary N) is 1. The van der Waals surface area contributed by atoms with Crippen LogP contribution in [0.3, 0.4) is 0 Å². The number of allylic oxidation sites excluding steroid dienone is 1. The fraction of sp³-hybridized carbons (Fsp3) is 0.565. The highest BCUT2D eigenvalue weighted by Crippen LogP contribution is 2.45. The Morgan fingerprint density at radius 3 is 2.68 bits per heavy atom. The van der Waals surface area contributed by atoms with Crippen molar-refractivity contribution in [2.24, 2.45) is 22.5 Å². The SMILES string of the molecule is CCC1(C)C=Cc2cc(C(=O)NCC3(C(=O)O)CC3)ccc2CC1CCCN.